The predicted molar refractivity (Wildman–Crippen MR) is 72.3 cm³/mol. The van der Waals surface area contributed by atoms with Crippen molar-refractivity contribution in [2.75, 3.05) is 13.2 Å². The summed E-state index contributed by atoms with van der Waals surface area (Å²) in [5.74, 6) is 0.591. The van der Waals surface area contributed by atoms with Crippen LogP contribution in [0.15, 0.2) is 24.3 Å². The van der Waals surface area contributed by atoms with E-state index in [0.717, 1.165) is 6.42 Å². The molecule has 0 aliphatic heterocycles. The van der Waals surface area contributed by atoms with Crippen LogP contribution < -0.4 is 4.74 Å². The highest BCUT2D eigenvalue weighted by Gasteiger charge is 2.30. The van der Waals surface area contributed by atoms with Crippen molar-refractivity contribution in [3.63, 3.8) is 0 Å². The van der Waals surface area contributed by atoms with Gasteiger partial charge in [-0.15, -0.1) is 0 Å². The summed E-state index contributed by atoms with van der Waals surface area (Å²) in [4.78, 5) is 12.4. The predicted octanol–water partition coefficient (Wildman–Crippen LogP) is 3.47. The molecule has 1 rings (SSSR count). The number of carbonyl (C=O) groups excluding carboxylic acids is 1. The summed E-state index contributed by atoms with van der Waals surface area (Å²) in [5.41, 5.74) is -0.232. The molecule has 3 nitrogen and oxygen atoms in total. The van der Waals surface area contributed by atoms with Gasteiger partial charge in [-0.25, -0.2) is 0 Å². The Balaban J connectivity index is 2.97. The molecule has 0 fully saturated rings. The number of hydrogen-bond donors (Lipinski definition) is 0. The van der Waals surface area contributed by atoms with Crippen molar-refractivity contribution in [3.8, 4) is 5.75 Å². The summed E-state index contributed by atoms with van der Waals surface area (Å²) < 4.78 is 11.1. The Kier molecular flexibility index (Phi) is 5.35. The first kappa shape index (κ1) is 14.7. The van der Waals surface area contributed by atoms with Crippen LogP contribution >= 0.6 is 0 Å². The maximum absolute atomic E-state index is 12.4. The molecule has 1 aromatic carbocycles. The van der Waals surface area contributed by atoms with Crippen LogP contribution in [0.5, 0.6) is 5.75 Å². The summed E-state index contributed by atoms with van der Waals surface area (Å²) >= 11 is 0. The molecule has 0 unspecified atom stereocenters. The highest BCUT2D eigenvalue weighted by Crippen LogP contribution is 2.25. The first-order chi connectivity index (χ1) is 8.53. The normalized spacial score (nSPS) is 11.3. The van der Waals surface area contributed by atoms with Crippen LogP contribution in [0.4, 0.5) is 0 Å². The zero-order valence-corrected chi connectivity index (χ0v) is 11.7. The maximum atomic E-state index is 12.4. The lowest BCUT2D eigenvalue weighted by molar-refractivity contribution is 0.00102. The molecular weight excluding hydrogens is 228 g/mol. The molecule has 18 heavy (non-hydrogen) atoms. The maximum Gasteiger partial charge on any atom is 0.197 e. The fourth-order valence-electron chi connectivity index (χ4n) is 1.74. The van der Waals surface area contributed by atoms with Gasteiger partial charge in [0.2, 0.25) is 0 Å². The van der Waals surface area contributed by atoms with Gasteiger partial charge >= 0.3 is 0 Å². The minimum atomic E-state index is -0.819. The van der Waals surface area contributed by atoms with Gasteiger partial charge in [-0.2, -0.15) is 0 Å². The molecule has 0 aliphatic rings. The molecule has 0 bridgehead atoms. The van der Waals surface area contributed by atoms with Gasteiger partial charge in [0.05, 0.1) is 12.2 Å². The van der Waals surface area contributed by atoms with Crippen molar-refractivity contribution in [1.29, 1.82) is 0 Å². The Bertz CT molecular complexity index is 396. The Morgan fingerprint density at radius 3 is 2.50 bits per heavy atom. The van der Waals surface area contributed by atoms with E-state index in [-0.39, 0.29) is 5.78 Å². The Hall–Kier alpha value is -1.35. The third kappa shape index (κ3) is 3.57. The standard InChI is InChI=1S/C15H22O3/c1-5-11-17-13-10-8-7-9-12(13)14(16)15(3,4)18-6-2/h7-10H,5-6,11H2,1-4H3. The van der Waals surface area contributed by atoms with Gasteiger partial charge in [-0.1, -0.05) is 19.1 Å². The van der Waals surface area contributed by atoms with Gasteiger partial charge in [0.15, 0.2) is 5.78 Å². The van der Waals surface area contributed by atoms with Crippen LogP contribution in [-0.2, 0) is 4.74 Å². The fraction of sp³-hybridized carbons (Fsp3) is 0.533. The minimum absolute atomic E-state index is 0.0453. The molecule has 0 aliphatic carbocycles. The molecule has 0 N–H and O–H groups in total. The SMILES string of the molecule is CCCOc1ccccc1C(=O)C(C)(C)OCC. The first-order valence-corrected chi connectivity index (χ1v) is 6.43. The topological polar surface area (TPSA) is 35.5 Å². The van der Waals surface area contributed by atoms with Gasteiger partial charge in [-0.05, 0) is 39.3 Å². The van der Waals surface area contributed by atoms with E-state index >= 15 is 0 Å². The van der Waals surface area contributed by atoms with Gasteiger partial charge in [-0.3, -0.25) is 4.79 Å². The van der Waals surface area contributed by atoms with Crippen molar-refractivity contribution in [1.82, 2.24) is 0 Å². The van der Waals surface area contributed by atoms with Gasteiger partial charge < -0.3 is 9.47 Å². The second-order valence-electron chi connectivity index (χ2n) is 4.62. The molecule has 100 valence electrons. The Labute approximate surface area is 109 Å². The Morgan fingerprint density at radius 1 is 1.22 bits per heavy atom. The van der Waals surface area contributed by atoms with E-state index in [2.05, 4.69) is 0 Å². The van der Waals surface area contributed by atoms with Crippen LogP contribution in [0.25, 0.3) is 0 Å². The van der Waals surface area contributed by atoms with Gasteiger partial charge in [0.25, 0.3) is 0 Å². The second-order valence-corrected chi connectivity index (χ2v) is 4.62. The van der Waals surface area contributed by atoms with Crippen LogP contribution in [0.2, 0.25) is 0 Å². The molecule has 0 aromatic heterocycles. The number of carbonyl (C=O) groups is 1. The van der Waals surface area contributed by atoms with Crippen LogP contribution in [0.1, 0.15) is 44.5 Å². The van der Waals surface area contributed by atoms with Crippen molar-refractivity contribution in [3.05, 3.63) is 29.8 Å². The van der Waals surface area contributed by atoms with Crippen LogP contribution in [0, 0.1) is 0 Å². The smallest absolute Gasteiger partial charge is 0.197 e. The molecule has 0 spiro atoms. The molecule has 0 amide bonds. The van der Waals surface area contributed by atoms with E-state index in [9.17, 15) is 4.79 Å². The second kappa shape index (κ2) is 6.55. The summed E-state index contributed by atoms with van der Waals surface area (Å²) in [6.07, 6.45) is 0.914. The molecule has 0 saturated heterocycles. The molecule has 3 heteroatoms. The number of rotatable bonds is 7. The van der Waals surface area contributed by atoms with Crippen LogP contribution in [0.3, 0.4) is 0 Å². The summed E-state index contributed by atoms with van der Waals surface area (Å²) in [7, 11) is 0. The molecule has 0 radical (unpaired) electrons. The van der Waals surface area contributed by atoms with Crippen molar-refractivity contribution in [2.24, 2.45) is 0 Å². The quantitative estimate of drug-likeness (QED) is 0.695. The first-order valence-electron chi connectivity index (χ1n) is 6.43. The summed E-state index contributed by atoms with van der Waals surface area (Å²) in [6.45, 7) is 8.62. The molecular formula is C15H22O3. The molecule has 0 heterocycles. The van der Waals surface area contributed by atoms with E-state index in [1.165, 1.54) is 0 Å². The monoisotopic (exact) mass is 250 g/mol. The highest BCUT2D eigenvalue weighted by molar-refractivity contribution is 6.04. The summed E-state index contributed by atoms with van der Waals surface area (Å²) in [5, 5.41) is 0. The molecule has 0 atom stereocenters. The largest absolute Gasteiger partial charge is 0.493 e. The minimum Gasteiger partial charge on any atom is -0.493 e. The van der Waals surface area contributed by atoms with Crippen molar-refractivity contribution in [2.45, 2.75) is 39.7 Å². The third-order valence-corrected chi connectivity index (χ3v) is 2.65. The molecule has 1 aromatic rings. The Morgan fingerprint density at radius 2 is 1.89 bits per heavy atom. The van der Waals surface area contributed by atoms with Gasteiger partial charge in [0, 0.05) is 6.61 Å². The van der Waals surface area contributed by atoms with Crippen molar-refractivity contribution >= 4 is 5.78 Å². The van der Waals surface area contributed by atoms with E-state index in [0.29, 0.717) is 24.5 Å². The zero-order chi connectivity index (χ0) is 13.6. The molecule has 0 saturated carbocycles. The summed E-state index contributed by atoms with van der Waals surface area (Å²) in [6, 6.07) is 7.32. The lowest BCUT2D eigenvalue weighted by Gasteiger charge is -2.24. The lowest BCUT2D eigenvalue weighted by Crippen LogP contribution is -2.35. The number of ketones is 1. The number of hydrogen-bond acceptors (Lipinski definition) is 3. The zero-order valence-electron chi connectivity index (χ0n) is 11.7. The van der Waals surface area contributed by atoms with E-state index in [1.54, 1.807) is 19.9 Å². The van der Waals surface area contributed by atoms with E-state index < -0.39 is 5.60 Å². The number of Topliss-reactive ketones (excluding diaryl/α,β-unsaturated/α-hetero) is 1. The average Bonchev–Trinajstić information content (AvgIpc) is 2.35. The third-order valence-electron chi connectivity index (χ3n) is 2.65. The number of benzene rings is 1. The van der Waals surface area contributed by atoms with E-state index in [4.69, 9.17) is 9.47 Å². The van der Waals surface area contributed by atoms with Gasteiger partial charge in [0.1, 0.15) is 11.4 Å². The number of para-hydroxylation sites is 1. The van der Waals surface area contributed by atoms with Crippen molar-refractivity contribution < 1.29 is 14.3 Å². The highest BCUT2D eigenvalue weighted by atomic mass is 16.5. The number of ether oxygens (including phenoxy) is 2. The average molecular weight is 250 g/mol. The van der Waals surface area contributed by atoms with Crippen LogP contribution in [-0.4, -0.2) is 24.6 Å². The fourth-order valence-corrected chi connectivity index (χ4v) is 1.74. The van der Waals surface area contributed by atoms with E-state index in [1.807, 2.05) is 32.0 Å². The lowest BCUT2D eigenvalue weighted by atomic mass is 9.96.